The van der Waals surface area contributed by atoms with Gasteiger partial charge >= 0.3 is 0 Å². The van der Waals surface area contributed by atoms with Gasteiger partial charge in [0, 0.05) is 43.8 Å². The van der Waals surface area contributed by atoms with E-state index in [4.69, 9.17) is 20.9 Å². The second kappa shape index (κ2) is 13.7. The minimum absolute atomic E-state index is 0. The molecule has 0 atom stereocenters. The molecule has 0 radical (unpaired) electrons. The first-order chi connectivity index (χ1) is 13.1. The molecule has 28 heavy (non-hydrogen) atoms. The number of nitrogens with zero attached hydrogens (tertiary/aromatic N) is 3. The summed E-state index contributed by atoms with van der Waals surface area (Å²) in [4.78, 5) is 8.58. The molecule has 7 nitrogen and oxygen atoms in total. The summed E-state index contributed by atoms with van der Waals surface area (Å²) in [6, 6.07) is 7.37. The quantitative estimate of drug-likeness (QED) is 0.214. The van der Waals surface area contributed by atoms with Gasteiger partial charge in [-0.1, -0.05) is 42.7 Å². The van der Waals surface area contributed by atoms with Crippen LogP contribution in [0, 0.1) is 5.92 Å². The van der Waals surface area contributed by atoms with Gasteiger partial charge in [-0.2, -0.15) is 4.98 Å². The van der Waals surface area contributed by atoms with Crippen molar-refractivity contribution in [2.45, 2.75) is 26.7 Å². The molecular weight excluding hydrogens is 493 g/mol. The average Bonchev–Trinajstić information content (AvgIpc) is 3.11. The van der Waals surface area contributed by atoms with E-state index in [0.717, 1.165) is 24.6 Å². The minimum Gasteiger partial charge on any atom is -0.380 e. The summed E-state index contributed by atoms with van der Waals surface area (Å²) < 4.78 is 10.9. The Labute approximate surface area is 188 Å². The Morgan fingerprint density at radius 2 is 2.04 bits per heavy atom. The molecule has 0 unspecified atom stereocenters. The molecule has 9 heteroatoms. The fourth-order valence-corrected chi connectivity index (χ4v) is 2.46. The summed E-state index contributed by atoms with van der Waals surface area (Å²) in [7, 11) is 1.74. The monoisotopic (exact) mass is 521 g/mol. The topological polar surface area (TPSA) is 84.6 Å². The number of nitrogens with one attached hydrogen (secondary N) is 2. The SMILES string of the molecule is CN=C(NCCOCCC(C)C)NCCc1nc(-c2cccc(Cl)c2)no1.I. The van der Waals surface area contributed by atoms with E-state index in [1.807, 2.05) is 24.3 Å². The standard InChI is InChI=1S/C19H28ClN5O2.HI/c1-14(2)8-11-26-12-10-23-19(21-3)22-9-7-17-24-18(25-27-17)15-5-4-6-16(20)13-15;/h4-6,13-14H,7-12H2,1-3H3,(H2,21,22,23);1H. The molecule has 0 aliphatic heterocycles. The van der Waals surface area contributed by atoms with E-state index >= 15 is 0 Å². The number of ether oxygens (including phenoxy) is 1. The molecule has 0 saturated heterocycles. The van der Waals surface area contributed by atoms with Crippen LogP contribution in [-0.4, -0.2) is 49.5 Å². The molecule has 0 bridgehead atoms. The van der Waals surface area contributed by atoms with Crippen LogP contribution in [0.1, 0.15) is 26.2 Å². The third-order valence-electron chi connectivity index (χ3n) is 3.78. The number of hydrogen-bond donors (Lipinski definition) is 2. The molecule has 156 valence electrons. The van der Waals surface area contributed by atoms with Crippen molar-refractivity contribution in [3.8, 4) is 11.4 Å². The van der Waals surface area contributed by atoms with E-state index in [9.17, 15) is 0 Å². The molecule has 0 aliphatic carbocycles. The first-order valence-corrected chi connectivity index (χ1v) is 9.57. The maximum absolute atomic E-state index is 5.99. The van der Waals surface area contributed by atoms with E-state index in [2.05, 4.69) is 39.6 Å². The third kappa shape index (κ3) is 9.20. The van der Waals surface area contributed by atoms with Gasteiger partial charge in [0.2, 0.25) is 11.7 Å². The molecule has 0 fully saturated rings. The molecule has 2 N–H and O–H groups in total. The zero-order valence-electron chi connectivity index (χ0n) is 16.6. The van der Waals surface area contributed by atoms with E-state index in [0.29, 0.717) is 48.8 Å². The van der Waals surface area contributed by atoms with Crippen LogP contribution in [-0.2, 0) is 11.2 Å². The van der Waals surface area contributed by atoms with E-state index in [1.54, 1.807) is 7.05 Å². The van der Waals surface area contributed by atoms with Crippen molar-refractivity contribution in [3.63, 3.8) is 0 Å². The zero-order valence-corrected chi connectivity index (χ0v) is 19.7. The van der Waals surface area contributed by atoms with Crippen molar-refractivity contribution in [3.05, 3.63) is 35.2 Å². The summed E-state index contributed by atoms with van der Waals surface area (Å²) in [5, 5.41) is 11.1. The normalized spacial score (nSPS) is 11.4. The summed E-state index contributed by atoms with van der Waals surface area (Å²) >= 11 is 5.99. The smallest absolute Gasteiger partial charge is 0.228 e. The van der Waals surface area contributed by atoms with Gasteiger partial charge in [0.05, 0.1) is 6.61 Å². The second-order valence-corrected chi connectivity index (χ2v) is 6.93. The highest BCUT2D eigenvalue weighted by Gasteiger charge is 2.09. The van der Waals surface area contributed by atoms with Crippen molar-refractivity contribution in [2.24, 2.45) is 10.9 Å². The van der Waals surface area contributed by atoms with Crippen LogP contribution in [0.3, 0.4) is 0 Å². The first kappa shape index (κ1) is 24.6. The van der Waals surface area contributed by atoms with E-state index in [1.165, 1.54) is 0 Å². The molecule has 0 spiro atoms. The highest BCUT2D eigenvalue weighted by Crippen LogP contribution is 2.19. The largest absolute Gasteiger partial charge is 0.380 e. The van der Waals surface area contributed by atoms with Crippen LogP contribution < -0.4 is 10.6 Å². The van der Waals surface area contributed by atoms with E-state index < -0.39 is 0 Å². The molecule has 2 rings (SSSR count). The Balaban J connectivity index is 0.00000392. The minimum atomic E-state index is 0. The van der Waals surface area contributed by atoms with Crippen LogP contribution in [0.15, 0.2) is 33.8 Å². The lowest BCUT2D eigenvalue weighted by atomic mass is 10.1. The Morgan fingerprint density at radius 3 is 2.75 bits per heavy atom. The lowest BCUT2D eigenvalue weighted by Crippen LogP contribution is -2.39. The maximum atomic E-state index is 5.99. The van der Waals surface area contributed by atoms with Crippen molar-refractivity contribution in [2.75, 3.05) is 33.4 Å². The lowest BCUT2D eigenvalue weighted by Gasteiger charge is -2.11. The summed E-state index contributed by atoms with van der Waals surface area (Å²) in [6.07, 6.45) is 1.67. The van der Waals surface area contributed by atoms with Gasteiger partial charge < -0.3 is 19.9 Å². The van der Waals surface area contributed by atoms with Crippen LogP contribution in [0.5, 0.6) is 0 Å². The number of aromatic nitrogens is 2. The second-order valence-electron chi connectivity index (χ2n) is 6.49. The summed E-state index contributed by atoms with van der Waals surface area (Å²) in [6.45, 7) is 7.16. The molecule has 1 heterocycles. The summed E-state index contributed by atoms with van der Waals surface area (Å²) in [5.74, 6) is 2.48. The Hall–Kier alpha value is -1.39. The molecule has 2 aromatic rings. The number of rotatable bonds is 10. The van der Waals surface area contributed by atoms with Gasteiger partial charge in [0.1, 0.15) is 0 Å². The molecule has 1 aromatic heterocycles. The highest BCUT2D eigenvalue weighted by atomic mass is 127. The number of benzene rings is 1. The molecule has 0 amide bonds. The zero-order chi connectivity index (χ0) is 19.5. The number of hydrogen-bond acceptors (Lipinski definition) is 5. The third-order valence-corrected chi connectivity index (χ3v) is 4.02. The van der Waals surface area contributed by atoms with Gasteiger partial charge in [0.15, 0.2) is 5.96 Å². The van der Waals surface area contributed by atoms with Crippen LogP contribution in [0.4, 0.5) is 0 Å². The molecular formula is C19H29ClIN5O2. The fraction of sp³-hybridized carbons (Fsp3) is 0.526. The number of aliphatic imine (C=N–C) groups is 1. The van der Waals surface area contributed by atoms with Crippen LogP contribution >= 0.6 is 35.6 Å². The molecule has 0 saturated carbocycles. The van der Waals surface area contributed by atoms with E-state index in [-0.39, 0.29) is 24.0 Å². The first-order valence-electron chi connectivity index (χ1n) is 9.19. The van der Waals surface area contributed by atoms with Crippen molar-refractivity contribution >= 4 is 41.5 Å². The molecule has 0 aliphatic rings. The van der Waals surface area contributed by atoms with Gasteiger partial charge in [-0.05, 0) is 24.5 Å². The average molecular weight is 522 g/mol. The maximum Gasteiger partial charge on any atom is 0.228 e. The number of halogens is 2. The Bertz CT molecular complexity index is 724. The summed E-state index contributed by atoms with van der Waals surface area (Å²) in [5.41, 5.74) is 0.834. The van der Waals surface area contributed by atoms with Crippen molar-refractivity contribution in [1.29, 1.82) is 0 Å². The fourth-order valence-electron chi connectivity index (χ4n) is 2.27. The van der Waals surface area contributed by atoms with Crippen LogP contribution in [0.2, 0.25) is 5.02 Å². The molecule has 1 aromatic carbocycles. The Kier molecular flexibility index (Phi) is 12.1. The van der Waals surface area contributed by atoms with Crippen LogP contribution in [0.25, 0.3) is 11.4 Å². The van der Waals surface area contributed by atoms with Gasteiger partial charge in [-0.25, -0.2) is 0 Å². The van der Waals surface area contributed by atoms with Gasteiger partial charge in [0.25, 0.3) is 0 Å². The number of guanidine groups is 1. The predicted octanol–water partition coefficient (Wildman–Crippen LogP) is 3.78. The van der Waals surface area contributed by atoms with Crippen molar-refractivity contribution < 1.29 is 9.26 Å². The van der Waals surface area contributed by atoms with Gasteiger partial charge in [-0.3, -0.25) is 4.99 Å². The highest BCUT2D eigenvalue weighted by molar-refractivity contribution is 14.0. The predicted molar refractivity (Wildman–Crippen MR) is 124 cm³/mol. The Morgan fingerprint density at radius 1 is 1.25 bits per heavy atom. The lowest BCUT2D eigenvalue weighted by molar-refractivity contribution is 0.128. The van der Waals surface area contributed by atoms with Gasteiger partial charge in [-0.15, -0.1) is 24.0 Å². The van der Waals surface area contributed by atoms with Crippen molar-refractivity contribution in [1.82, 2.24) is 20.8 Å².